The molecule has 0 radical (unpaired) electrons. The first-order valence-corrected chi connectivity index (χ1v) is 14.4. The van der Waals surface area contributed by atoms with Crippen LogP contribution in [0, 0.1) is 0 Å². The third-order valence-electron chi connectivity index (χ3n) is 5.59. The summed E-state index contributed by atoms with van der Waals surface area (Å²) < 4.78 is 0. The molecule has 8 nitrogen and oxygen atoms in total. The summed E-state index contributed by atoms with van der Waals surface area (Å²) in [5.74, 6) is -2.37. The molecule has 0 spiro atoms. The number of rotatable bonds is 23. The number of aliphatic hydroxyl groups is 2. The van der Waals surface area contributed by atoms with Crippen molar-refractivity contribution in [1.82, 2.24) is 10.6 Å². The van der Waals surface area contributed by atoms with Crippen LogP contribution in [-0.4, -0.2) is 70.8 Å². The second-order valence-corrected chi connectivity index (χ2v) is 9.48. The number of nitrogens with one attached hydrogen (secondary N) is 2. The third-order valence-corrected chi connectivity index (χ3v) is 5.59. The van der Waals surface area contributed by atoms with Gasteiger partial charge >= 0.3 is 11.9 Å². The Bertz CT molecular complexity index is 408. The SMILES string of the molecule is CC(O)C(=O)O.CC(O)C(=O)O.CCCCCCNCCCCCCCCCCNCCCCCC. The van der Waals surface area contributed by atoms with Crippen molar-refractivity contribution in [3.8, 4) is 0 Å². The van der Waals surface area contributed by atoms with Crippen LogP contribution in [0.15, 0.2) is 0 Å². The van der Waals surface area contributed by atoms with Gasteiger partial charge in [-0.15, -0.1) is 0 Å². The zero-order chi connectivity index (χ0) is 27.9. The Kier molecular flexibility index (Phi) is 36.9. The highest BCUT2D eigenvalue weighted by Gasteiger charge is 2.02. The molecule has 0 aliphatic carbocycles. The third kappa shape index (κ3) is 42.9. The summed E-state index contributed by atoms with van der Waals surface area (Å²) in [6, 6.07) is 0. The van der Waals surface area contributed by atoms with E-state index in [9.17, 15) is 9.59 Å². The summed E-state index contributed by atoms with van der Waals surface area (Å²) >= 11 is 0. The number of aliphatic carboxylic acids is 2. The van der Waals surface area contributed by atoms with E-state index in [0.717, 1.165) is 0 Å². The van der Waals surface area contributed by atoms with Gasteiger partial charge in [0.1, 0.15) is 12.2 Å². The molecule has 0 aromatic heterocycles. The van der Waals surface area contributed by atoms with E-state index in [1.807, 2.05) is 0 Å². The van der Waals surface area contributed by atoms with Crippen molar-refractivity contribution in [2.24, 2.45) is 0 Å². The average Bonchev–Trinajstić information content (AvgIpc) is 2.83. The molecule has 0 fully saturated rings. The first kappa shape index (κ1) is 39.3. The molecule has 0 saturated heterocycles. The highest BCUT2D eigenvalue weighted by molar-refractivity contribution is 5.71. The zero-order valence-corrected chi connectivity index (χ0v) is 23.9. The molecule has 0 aromatic rings. The van der Waals surface area contributed by atoms with E-state index in [0.29, 0.717) is 0 Å². The lowest BCUT2D eigenvalue weighted by atomic mass is 10.1. The molecular formula is C28H60N2O6. The van der Waals surface area contributed by atoms with Gasteiger partial charge in [-0.3, -0.25) is 0 Å². The Hall–Kier alpha value is -1.22. The minimum atomic E-state index is -1.23. The van der Waals surface area contributed by atoms with Crippen LogP contribution in [0.2, 0.25) is 0 Å². The Labute approximate surface area is 221 Å². The van der Waals surface area contributed by atoms with Gasteiger partial charge in [-0.05, 0) is 65.7 Å². The summed E-state index contributed by atoms with van der Waals surface area (Å²) in [5, 5.41) is 38.7. The molecule has 0 aliphatic heterocycles. The van der Waals surface area contributed by atoms with E-state index in [1.54, 1.807) is 0 Å². The molecule has 0 aliphatic rings. The van der Waals surface area contributed by atoms with E-state index < -0.39 is 24.1 Å². The van der Waals surface area contributed by atoms with E-state index in [4.69, 9.17) is 20.4 Å². The first-order chi connectivity index (χ1) is 17.2. The second-order valence-electron chi connectivity index (χ2n) is 9.48. The zero-order valence-electron chi connectivity index (χ0n) is 23.9. The topological polar surface area (TPSA) is 139 Å². The lowest BCUT2D eigenvalue weighted by molar-refractivity contribution is -0.146. The minimum absolute atomic E-state index is 1.19. The number of carboxylic acid groups (broad SMARTS) is 2. The van der Waals surface area contributed by atoms with Gasteiger partial charge in [-0.2, -0.15) is 0 Å². The van der Waals surface area contributed by atoms with Gasteiger partial charge in [-0.1, -0.05) is 90.9 Å². The van der Waals surface area contributed by atoms with Crippen LogP contribution in [0.25, 0.3) is 0 Å². The van der Waals surface area contributed by atoms with E-state index in [2.05, 4.69) is 24.5 Å². The van der Waals surface area contributed by atoms with Crippen molar-refractivity contribution in [2.75, 3.05) is 26.2 Å². The molecule has 2 atom stereocenters. The van der Waals surface area contributed by atoms with E-state index in [1.165, 1.54) is 143 Å². The van der Waals surface area contributed by atoms with Crippen molar-refractivity contribution in [2.45, 2.75) is 143 Å². The number of unbranched alkanes of at least 4 members (excludes halogenated alkanes) is 13. The summed E-state index contributed by atoms with van der Waals surface area (Å²) in [6.45, 7) is 11.9. The fourth-order valence-electron chi connectivity index (χ4n) is 3.16. The van der Waals surface area contributed by atoms with Gasteiger partial charge in [0.25, 0.3) is 0 Å². The smallest absolute Gasteiger partial charge is 0.332 e. The van der Waals surface area contributed by atoms with Gasteiger partial charge in [0.2, 0.25) is 0 Å². The number of hydrogen-bond acceptors (Lipinski definition) is 6. The largest absolute Gasteiger partial charge is 0.479 e. The predicted molar refractivity (Wildman–Crippen MR) is 150 cm³/mol. The lowest BCUT2D eigenvalue weighted by Gasteiger charge is -2.06. The molecule has 0 saturated carbocycles. The molecule has 0 rings (SSSR count). The Morgan fingerprint density at radius 3 is 0.889 bits per heavy atom. The fraction of sp³-hybridized carbons (Fsp3) is 0.929. The summed E-state index contributed by atoms with van der Waals surface area (Å²) in [7, 11) is 0. The van der Waals surface area contributed by atoms with Gasteiger partial charge < -0.3 is 31.1 Å². The molecule has 0 aromatic carbocycles. The number of carboxylic acids is 2. The van der Waals surface area contributed by atoms with Crippen molar-refractivity contribution < 1.29 is 30.0 Å². The number of carbonyl (C=O) groups is 2. The van der Waals surface area contributed by atoms with Gasteiger partial charge in [0.05, 0.1) is 0 Å². The maximum atomic E-state index is 9.45. The standard InChI is InChI=1S/C22H48N2.2C3H6O3/c1-3-5-7-15-19-23-21-17-13-11-9-10-12-14-18-22-24-20-16-8-6-4-2;2*1-2(4)3(5)6/h23-24H,3-22H2,1-2H3;2*2,4H,1H3,(H,5,6). The fourth-order valence-corrected chi connectivity index (χ4v) is 3.16. The van der Waals surface area contributed by atoms with Crippen molar-refractivity contribution >= 4 is 11.9 Å². The van der Waals surface area contributed by atoms with Crippen LogP contribution in [0.4, 0.5) is 0 Å². The van der Waals surface area contributed by atoms with E-state index >= 15 is 0 Å². The van der Waals surface area contributed by atoms with Crippen molar-refractivity contribution in [1.29, 1.82) is 0 Å². The summed E-state index contributed by atoms with van der Waals surface area (Å²) in [5.41, 5.74) is 0. The molecule has 2 unspecified atom stereocenters. The summed E-state index contributed by atoms with van der Waals surface area (Å²) in [6.07, 6.45) is 19.9. The molecule has 6 N–H and O–H groups in total. The Morgan fingerprint density at radius 2 is 0.694 bits per heavy atom. The maximum absolute atomic E-state index is 9.45. The number of aliphatic hydroxyl groups excluding tert-OH is 2. The Balaban J connectivity index is -0.000000742. The lowest BCUT2D eigenvalue weighted by Crippen LogP contribution is -2.16. The van der Waals surface area contributed by atoms with Gasteiger partial charge in [0.15, 0.2) is 0 Å². The predicted octanol–water partition coefficient (Wildman–Crippen LogP) is 5.35. The first-order valence-electron chi connectivity index (χ1n) is 14.4. The van der Waals surface area contributed by atoms with Crippen LogP contribution < -0.4 is 10.6 Å². The quantitative estimate of drug-likeness (QED) is 0.0991. The monoisotopic (exact) mass is 520 g/mol. The molecular weight excluding hydrogens is 460 g/mol. The Morgan fingerprint density at radius 1 is 0.500 bits per heavy atom. The van der Waals surface area contributed by atoms with Crippen LogP contribution in [0.5, 0.6) is 0 Å². The average molecular weight is 521 g/mol. The van der Waals surface area contributed by atoms with Crippen LogP contribution in [0.1, 0.15) is 130 Å². The summed E-state index contributed by atoms with van der Waals surface area (Å²) in [4.78, 5) is 18.9. The maximum Gasteiger partial charge on any atom is 0.332 e. The van der Waals surface area contributed by atoms with E-state index in [-0.39, 0.29) is 0 Å². The van der Waals surface area contributed by atoms with Crippen molar-refractivity contribution in [3.63, 3.8) is 0 Å². The minimum Gasteiger partial charge on any atom is -0.479 e. The van der Waals surface area contributed by atoms with Crippen LogP contribution >= 0.6 is 0 Å². The normalized spacial score (nSPS) is 12.1. The molecule has 0 amide bonds. The molecule has 36 heavy (non-hydrogen) atoms. The van der Waals surface area contributed by atoms with Crippen LogP contribution in [-0.2, 0) is 9.59 Å². The second kappa shape index (κ2) is 33.8. The van der Waals surface area contributed by atoms with Crippen molar-refractivity contribution in [3.05, 3.63) is 0 Å². The molecule has 218 valence electrons. The molecule has 0 bridgehead atoms. The van der Waals surface area contributed by atoms with Crippen LogP contribution in [0.3, 0.4) is 0 Å². The highest BCUT2D eigenvalue weighted by atomic mass is 16.4. The van der Waals surface area contributed by atoms with Gasteiger partial charge in [-0.25, -0.2) is 9.59 Å². The molecule has 8 heteroatoms. The van der Waals surface area contributed by atoms with Gasteiger partial charge in [0, 0.05) is 0 Å². The molecule has 0 heterocycles. The number of hydrogen-bond donors (Lipinski definition) is 6. The highest BCUT2D eigenvalue weighted by Crippen LogP contribution is 2.08.